The summed E-state index contributed by atoms with van der Waals surface area (Å²) < 4.78 is 0. The molecule has 0 spiro atoms. The second kappa shape index (κ2) is 6.52. The van der Waals surface area contributed by atoms with Crippen molar-refractivity contribution in [3.05, 3.63) is 52.8 Å². The first-order valence-electron chi connectivity index (χ1n) is 8.78. The second-order valence-corrected chi connectivity index (χ2v) is 8.58. The summed E-state index contributed by atoms with van der Waals surface area (Å²) in [6.07, 6.45) is 8.18. The summed E-state index contributed by atoms with van der Waals surface area (Å²) in [5, 5.41) is 3.12. The monoisotopic (exact) mass is 379 g/mol. The lowest BCUT2D eigenvalue weighted by Crippen LogP contribution is -2.03. The van der Waals surface area contributed by atoms with E-state index in [9.17, 15) is 4.79 Å². The lowest BCUT2D eigenvalue weighted by Gasteiger charge is -2.11. The van der Waals surface area contributed by atoms with Gasteiger partial charge < -0.3 is 4.98 Å². The molecule has 5 rings (SSSR count). The Kier molecular flexibility index (Phi) is 4.02. The molecule has 4 nitrogen and oxygen atoms in total. The Bertz CT molecular complexity index is 1130. The Morgan fingerprint density at radius 3 is 3.04 bits per heavy atom. The van der Waals surface area contributed by atoms with Crippen LogP contribution in [0.2, 0.25) is 0 Å². The van der Waals surface area contributed by atoms with E-state index in [0.29, 0.717) is 5.75 Å². The van der Waals surface area contributed by atoms with Crippen LogP contribution >= 0.6 is 23.1 Å². The summed E-state index contributed by atoms with van der Waals surface area (Å²) in [6.45, 7) is 0. The number of carbonyl (C=O) groups excluding carboxylic acids is 1. The van der Waals surface area contributed by atoms with Crippen LogP contribution in [-0.2, 0) is 12.8 Å². The van der Waals surface area contributed by atoms with Crippen molar-refractivity contribution >= 4 is 50.0 Å². The number of aromatic amines is 1. The molecular formula is C20H17N3OS2. The zero-order valence-electron chi connectivity index (χ0n) is 14.1. The molecule has 4 aromatic rings. The lowest BCUT2D eigenvalue weighted by molar-refractivity contribution is 0.102. The number of para-hydroxylation sites is 1. The van der Waals surface area contributed by atoms with Crippen LogP contribution < -0.4 is 0 Å². The minimum atomic E-state index is 0.128. The Morgan fingerprint density at radius 1 is 1.19 bits per heavy atom. The fraction of sp³-hybridized carbons (Fsp3) is 0.250. The summed E-state index contributed by atoms with van der Waals surface area (Å²) >= 11 is 3.33. The van der Waals surface area contributed by atoms with Gasteiger partial charge in [0, 0.05) is 32.9 Å². The molecule has 1 aromatic carbocycles. The predicted octanol–water partition coefficient (Wildman–Crippen LogP) is 5.03. The van der Waals surface area contributed by atoms with Gasteiger partial charge in [-0.3, -0.25) is 4.79 Å². The second-order valence-electron chi connectivity index (χ2n) is 6.53. The van der Waals surface area contributed by atoms with Crippen LogP contribution in [-0.4, -0.2) is 26.5 Å². The summed E-state index contributed by atoms with van der Waals surface area (Å²) in [4.78, 5) is 27.4. The number of aromatic nitrogens is 3. The fourth-order valence-electron chi connectivity index (χ4n) is 3.68. The van der Waals surface area contributed by atoms with Gasteiger partial charge in [-0.1, -0.05) is 30.0 Å². The molecule has 6 heteroatoms. The Labute approximate surface area is 159 Å². The molecule has 0 saturated heterocycles. The molecule has 1 N–H and O–H groups in total. The highest BCUT2D eigenvalue weighted by Crippen LogP contribution is 2.39. The molecule has 0 bridgehead atoms. The first kappa shape index (κ1) is 16.0. The van der Waals surface area contributed by atoms with Gasteiger partial charge in [0.2, 0.25) is 0 Å². The Hall–Kier alpha value is -2.18. The van der Waals surface area contributed by atoms with Crippen molar-refractivity contribution in [1.29, 1.82) is 0 Å². The molecule has 0 fully saturated rings. The van der Waals surface area contributed by atoms with Gasteiger partial charge in [0.25, 0.3) is 0 Å². The summed E-state index contributed by atoms with van der Waals surface area (Å²) in [7, 11) is 0. The molecule has 130 valence electrons. The van der Waals surface area contributed by atoms with Gasteiger partial charge in [0.05, 0.1) is 5.75 Å². The molecule has 0 unspecified atom stereocenters. The quantitative estimate of drug-likeness (QED) is 0.307. The summed E-state index contributed by atoms with van der Waals surface area (Å²) in [5.74, 6) is 0.516. The number of benzene rings is 1. The SMILES string of the molecule is O=C(CSc1ncnc2sc3c(c12)CCCC3)c1c[nH]c2ccccc12. The van der Waals surface area contributed by atoms with Crippen LogP contribution in [0.1, 0.15) is 33.6 Å². The number of ketones is 1. The van der Waals surface area contributed by atoms with Crippen molar-refractivity contribution in [2.75, 3.05) is 5.75 Å². The molecule has 0 aliphatic heterocycles. The lowest BCUT2D eigenvalue weighted by atomic mass is 9.97. The van der Waals surface area contributed by atoms with Crippen LogP contribution in [0.15, 0.2) is 41.8 Å². The van der Waals surface area contributed by atoms with Gasteiger partial charge in [-0.15, -0.1) is 11.3 Å². The molecule has 0 radical (unpaired) electrons. The van der Waals surface area contributed by atoms with E-state index in [0.717, 1.165) is 39.2 Å². The zero-order chi connectivity index (χ0) is 17.5. The average molecular weight is 380 g/mol. The van der Waals surface area contributed by atoms with E-state index < -0.39 is 0 Å². The van der Waals surface area contributed by atoms with Crippen LogP contribution in [0.25, 0.3) is 21.1 Å². The number of hydrogen-bond acceptors (Lipinski definition) is 5. The van der Waals surface area contributed by atoms with E-state index in [1.165, 1.54) is 40.4 Å². The molecule has 0 atom stereocenters. The van der Waals surface area contributed by atoms with Crippen molar-refractivity contribution in [3.63, 3.8) is 0 Å². The number of nitrogens with one attached hydrogen (secondary N) is 1. The number of hydrogen-bond donors (Lipinski definition) is 1. The van der Waals surface area contributed by atoms with Gasteiger partial charge >= 0.3 is 0 Å². The highest BCUT2D eigenvalue weighted by atomic mass is 32.2. The smallest absolute Gasteiger partial charge is 0.175 e. The van der Waals surface area contributed by atoms with E-state index in [1.807, 2.05) is 30.5 Å². The third-order valence-electron chi connectivity index (χ3n) is 4.95. The number of rotatable bonds is 4. The van der Waals surface area contributed by atoms with Crippen molar-refractivity contribution < 1.29 is 4.79 Å². The zero-order valence-corrected chi connectivity index (χ0v) is 15.8. The molecule has 3 heterocycles. The largest absolute Gasteiger partial charge is 0.360 e. The highest BCUT2D eigenvalue weighted by molar-refractivity contribution is 8.00. The number of nitrogens with zero attached hydrogens (tertiary/aromatic N) is 2. The first-order chi connectivity index (χ1) is 12.8. The van der Waals surface area contributed by atoms with E-state index >= 15 is 0 Å². The number of Topliss-reactive ketones (excluding diaryl/α,β-unsaturated/α-hetero) is 1. The maximum absolute atomic E-state index is 12.8. The van der Waals surface area contributed by atoms with Crippen LogP contribution in [0, 0.1) is 0 Å². The third kappa shape index (κ3) is 2.64. The minimum absolute atomic E-state index is 0.128. The van der Waals surface area contributed by atoms with Crippen LogP contribution in [0.4, 0.5) is 0 Å². The van der Waals surface area contributed by atoms with E-state index in [-0.39, 0.29) is 5.78 Å². The van der Waals surface area contributed by atoms with Gasteiger partial charge in [0.1, 0.15) is 16.2 Å². The normalized spacial score (nSPS) is 14.0. The molecule has 0 amide bonds. The summed E-state index contributed by atoms with van der Waals surface area (Å²) in [5.41, 5.74) is 3.17. The number of carbonyl (C=O) groups is 1. The number of thioether (sulfide) groups is 1. The van der Waals surface area contributed by atoms with Gasteiger partial charge in [-0.05, 0) is 37.3 Å². The van der Waals surface area contributed by atoms with Crippen molar-refractivity contribution in [2.24, 2.45) is 0 Å². The third-order valence-corrected chi connectivity index (χ3v) is 7.14. The summed E-state index contributed by atoms with van der Waals surface area (Å²) in [6, 6.07) is 7.91. The van der Waals surface area contributed by atoms with Crippen LogP contribution in [0.5, 0.6) is 0 Å². The average Bonchev–Trinajstić information content (AvgIpc) is 3.27. The molecule has 1 aliphatic carbocycles. The van der Waals surface area contributed by atoms with Gasteiger partial charge in [0.15, 0.2) is 5.78 Å². The predicted molar refractivity (Wildman–Crippen MR) is 107 cm³/mol. The molecular weight excluding hydrogens is 362 g/mol. The topological polar surface area (TPSA) is 58.6 Å². The molecule has 1 aliphatic rings. The maximum Gasteiger partial charge on any atom is 0.175 e. The van der Waals surface area contributed by atoms with Crippen LogP contribution in [0.3, 0.4) is 0 Å². The molecule has 0 saturated carbocycles. The molecule has 3 aromatic heterocycles. The maximum atomic E-state index is 12.8. The number of H-pyrrole nitrogens is 1. The number of fused-ring (bicyclic) bond motifs is 4. The van der Waals surface area contributed by atoms with E-state index in [1.54, 1.807) is 17.7 Å². The van der Waals surface area contributed by atoms with E-state index in [4.69, 9.17) is 0 Å². The highest BCUT2D eigenvalue weighted by Gasteiger charge is 2.21. The first-order valence-corrected chi connectivity index (χ1v) is 10.6. The van der Waals surface area contributed by atoms with Crippen molar-refractivity contribution in [2.45, 2.75) is 30.7 Å². The van der Waals surface area contributed by atoms with Gasteiger partial charge in [-0.25, -0.2) is 9.97 Å². The van der Waals surface area contributed by atoms with Crippen molar-refractivity contribution in [1.82, 2.24) is 15.0 Å². The van der Waals surface area contributed by atoms with Crippen molar-refractivity contribution in [3.8, 4) is 0 Å². The number of thiophene rings is 1. The van der Waals surface area contributed by atoms with E-state index in [2.05, 4.69) is 15.0 Å². The minimum Gasteiger partial charge on any atom is -0.360 e. The number of aryl methyl sites for hydroxylation is 2. The standard InChI is InChI=1S/C20H17N3OS2/c24-16(14-9-21-15-7-3-1-5-12(14)15)10-25-19-18-13-6-2-4-8-17(13)26-20(18)23-11-22-19/h1,3,5,7,9,11,21H,2,4,6,8,10H2. The Balaban J connectivity index is 1.45. The Morgan fingerprint density at radius 2 is 2.08 bits per heavy atom. The van der Waals surface area contributed by atoms with Gasteiger partial charge in [-0.2, -0.15) is 0 Å². The fourth-order valence-corrected chi connectivity index (χ4v) is 5.89. The molecule has 26 heavy (non-hydrogen) atoms.